The van der Waals surface area contributed by atoms with Crippen LogP contribution in [-0.2, 0) is 22.7 Å². The van der Waals surface area contributed by atoms with E-state index in [4.69, 9.17) is 14.6 Å². The maximum atomic E-state index is 11.1. The molecule has 160 valence electrons. The monoisotopic (exact) mass is 418 g/mol. The van der Waals surface area contributed by atoms with E-state index in [1.165, 1.54) is 0 Å². The van der Waals surface area contributed by atoms with Crippen LogP contribution >= 0.6 is 0 Å². The van der Waals surface area contributed by atoms with Gasteiger partial charge in [-0.3, -0.25) is 9.48 Å². The van der Waals surface area contributed by atoms with Gasteiger partial charge in [-0.25, -0.2) is 0 Å². The molecule has 2 atom stereocenters. The largest absolute Gasteiger partial charge is 0.489 e. The molecule has 1 aromatic heterocycles. The first-order valence-corrected chi connectivity index (χ1v) is 10.6. The van der Waals surface area contributed by atoms with E-state index in [2.05, 4.69) is 35.1 Å². The van der Waals surface area contributed by atoms with Crippen LogP contribution in [0.4, 0.5) is 0 Å². The van der Waals surface area contributed by atoms with Gasteiger partial charge in [-0.05, 0) is 55.2 Å². The molecule has 1 N–H and O–H groups in total. The van der Waals surface area contributed by atoms with Crippen LogP contribution in [0.3, 0.4) is 0 Å². The highest BCUT2D eigenvalue weighted by Gasteiger charge is 2.17. The number of nitrogens with zero attached hydrogens (tertiary/aromatic N) is 2. The van der Waals surface area contributed by atoms with Crippen LogP contribution in [0, 0.1) is 11.8 Å². The lowest BCUT2D eigenvalue weighted by Crippen LogP contribution is -2.15. The van der Waals surface area contributed by atoms with E-state index in [1.54, 1.807) is 6.92 Å². The minimum Gasteiger partial charge on any atom is -0.489 e. The number of fused-ring (bicyclic) bond motifs is 1. The summed E-state index contributed by atoms with van der Waals surface area (Å²) in [5.41, 5.74) is 3.04. The quantitative estimate of drug-likeness (QED) is 0.550. The van der Waals surface area contributed by atoms with Crippen LogP contribution in [0.25, 0.3) is 10.9 Å². The van der Waals surface area contributed by atoms with Crippen molar-refractivity contribution in [3.05, 3.63) is 59.8 Å². The first-order valence-electron chi connectivity index (χ1n) is 10.6. The van der Waals surface area contributed by atoms with E-state index in [0.717, 1.165) is 53.8 Å². The number of carbonyl (C=O) groups is 1. The SMILES string of the molecule is CC#C[C@@H](CC(=O)O)c1ccc(OCc2ccc3c(cnn3C[C@@H]3CCCO3)c2)cc1. The van der Waals surface area contributed by atoms with Gasteiger partial charge in [0.05, 0.1) is 36.7 Å². The first-order chi connectivity index (χ1) is 15.1. The number of carboxylic acid groups (broad SMARTS) is 1. The molecule has 0 unspecified atom stereocenters. The summed E-state index contributed by atoms with van der Waals surface area (Å²) in [6, 6.07) is 13.7. The Hall–Kier alpha value is -3.30. The van der Waals surface area contributed by atoms with Crippen LogP contribution in [0.15, 0.2) is 48.7 Å². The molecular weight excluding hydrogens is 392 g/mol. The second kappa shape index (κ2) is 9.67. The molecule has 0 spiro atoms. The highest BCUT2D eigenvalue weighted by Crippen LogP contribution is 2.24. The average molecular weight is 418 g/mol. The van der Waals surface area contributed by atoms with Gasteiger partial charge >= 0.3 is 5.97 Å². The van der Waals surface area contributed by atoms with Gasteiger partial charge in [0.25, 0.3) is 0 Å². The average Bonchev–Trinajstić information content (AvgIpc) is 3.42. The Labute approximate surface area is 181 Å². The van der Waals surface area contributed by atoms with E-state index in [0.29, 0.717) is 6.61 Å². The lowest BCUT2D eigenvalue weighted by molar-refractivity contribution is -0.137. The molecule has 6 heteroatoms. The molecule has 1 fully saturated rings. The third-order valence-corrected chi connectivity index (χ3v) is 5.49. The topological polar surface area (TPSA) is 73.6 Å². The van der Waals surface area contributed by atoms with Gasteiger partial charge in [-0.15, -0.1) is 5.92 Å². The Morgan fingerprint density at radius 2 is 2.16 bits per heavy atom. The fourth-order valence-corrected chi connectivity index (χ4v) is 3.92. The van der Waals surface area contributed by atoms with Gasteiger partial charge in [-0.2, -0.15) is 5.10 Å². The number of aromatic nitrogens is 2. The third kappa shape index (κ3) is 5.25. The summed E-state index contributed by atoms with van der Waals surface area (Å²) in [5, 5.41) is 14.7. The van der Waals surface area contributed by atoms with E-state index in [1.807, 2.05) is 35.1 Å². The summed E-state index contributed by atoms with van der Waals surface area (Å²) >= 11 is 0. The molecule has 2 heterocycles. The van der Waals surface area contributed by atoms with Gasteiger partial charge in [0.15, 0.2) is 0 Å². The van der Waals surface area contributed by atoms with Crippen LogP contribution in [0.5, 0.6) is 5.75 Å². The van der Waals surface area contributed by atoms with Crippen molar-refractivity contribution in [3.63, 3.8) is 0 Å². The second-order valence-electron chi connectivity index (χ2n) is 7.76. The van der Waals surface area contributed by atoms with Crippen LogP contribution in [0.1, 0.15) is 43.2 Å². The summed E-state index contributed by atoms with van der Waals surface area (Å²) in [6.07, 6.45) is 4.35. The van der Waals surface area contributed by atoms with Crippen molar-refractivity contribution >= 4 is 16.9 Å². The van der Waals surface area contributed by atoms with Crippen molar-refractivity contribution in [2.75, 3.05) is 6.61 Å². The van der Waals surface area contributed by atoms with Crippen molar-refractivity contribution < 1.29 is 19.4 Å². The van der Waals surface area contributed by atoms with Crippen molar-refractivity contribution in [1.82, 2.24) is 9.78 Å². The minimum absolute atomic E-state index is 0.0123. The number of aliphatic carboxylic acids is 1. The smallest absolute Gasteiger partial charge is 0.304 e. The number of hydrogen-bond donors (Lipinski definition) is 1. The summed E-state index contributed by atoms with van der Waals surface area (Å²) in [7, 11) is 0. The molecule has 4 rings (SSSR count). The second-order valence-corrected chi connectivity index (χ2v) is 7.76. The molecular formula is C25H26N2O4. The molecule has 1 saturated heterocycles. The fraction of sp³-hybridized carbons (Fsp3) is 0.360. The van der Waals surface area contributed by atoms with E-state index >= 15 is 0 Å². The summed E-state index contributed by atoms with van der Waals surface area (Å²) in [5.74, 6) is 5.33. The van der Waals surface area contributed by atoms with Crippen molar-refractivity contribution in [2.45, 2.75) is 51.4 Å². The normalized spacial score (nSPS) is 16.6. The molecule has 2 aromatic carbocycles. The maximum Gasteiger partial charge on any atom is 0.304 e. The Balaban J connectivity index is 1.39. The number of rotatable bonds is 8. The number of ether oxygens (including phenoxy) is 2. The zero-order chi connectivity index (χ0) is 21.6. The Morgan fingerprint density at radius 1 is 1.32 bits per heavy atom. The molecule has 1 aliphatic heterocycles. The first kappa shape index (κ1) is 21.0. The molecule has 0 radical (unpaired) electrons. The Bertz CT molecular complexity index is 1100. The Kier molecular flexibility index (Phi) is 6.54. The lowest BCUT2D eigenvalue weighted by atomic mass is 9.96. The molecule has 6 nitrogen and oxygen atoms in total. The zero-order valence-corrected chi connectivity index (χ0v) is 17.6. The predicted octanol–water partition coefficient (Wildman–Crippen LogP) is 4.38. The molecule has 0 bridgehead atoms. The lowest BCUT2D eigenvalue weighted by Gasteiger charge is -2.11. The van der Waals surface area contributed by atoms with Crippen molar-refractivity contribution in [1.29, 1.82) is 0 Å². The van der Waals surface area contributed by atoms with Crippen molar-refractivity contribution in [3.8, 4) is 17.6 Å². The van der Waals surface area contributed by atoms with E-state index in [-0.39, 0.29) is 18.4 Å². The molecule has 31 heavy (non-hydrogen) atoms. The standard InChI is InChI=1S/C25H26N2O4/c1-2-4-20(14-25(28)29)19-7-9-22(10-8-19)31-17-18-6-11-24-21(13-18)15-26-27(24)16-23-5-3-12-30-23/h6-11,13,15,20,23H,3,5,12,14,16-17H2,1H3,(H,28,29)/t20-,23-/m0/s1. The van der Waals surface area contributed by atoms with Crippen LogP contribution in [-0.4, -0.2) is 33.6 Å². The minimum atomic E-state index is -0.859. The van der Waals surface area contributed by atoms with Crippen LogP contribution in [0.2, 0.25) is 0 Å². The van der Waals surface area contributed by atoms with Gasteiger partial charge in [0.2, 0.25) is 0 Å². The Morgan fingerprint density at radius 3 is 2.87 bits per heavy atom. The van der Waals surface area contributed by atoms with Gasteiger partial charge in [0, 0.05) is 12.0 Å². The van der Waals surface area contributed by atoms with E-state index < -0.39 is 5.97 Å². The van der Waals surface area contributed by atoms with Crippen molar-refractivity contribution in [2.24, 2.45) is 0 Å². The molecule has 0 aliphatic carbocycles. The fourth-order valence-electron chi connectivity index (χ4n) is 3.92. The number of benzene rings is 2. The maximum absolute atomic E-state index is 11.1. The highest BCUT2D eigenvalue weighted by molar-refractivity contribution is 5.79. The van der Waals surface area contributed by atoms with Gasteiger partial charge in [-0.1, -0.05) is 24.1 Å². The molecule has 1 aliphatic rings. The number of hydrogen-bond acceptors (Lipinski definition) is 4. The third-order valence-electron chi connectivity index (χ3n) is 5.49. The molecule has 3 aromatic rings. The number of carboxylic acids is 1. The van der Waals surface area contributed by atoms with Gasteiger partial charge < -0.3 is 14.6 Å². The molecule has 0 saturated carbocycles. The predicted molar refractivity (Wildman–Crippen MR) is 118 cm³/mol. The summed E-state index contributed by atoms with van der Waals surface area (Å²) in [4.78, 5) is 11.1. The zero-order valence-electron chi connectivity index (χ0n) is 17.6. The summed E-state index contributed by atoms with van der Waals surface area (Å²) < 4.78 is 13.7. The van der Waals surface area contributed by atoms with Crippen LogP contribution < -0.4 is 4.74 Å². The van der Waals surface area contributed by atoms with E-state index in [9.17, 15) is 4.79 Å². The van der Waals surface area contributed by atoms with Gasteiger partial charge in [0.1, 0.15) is 12.4 Å². The molecule has 0 amide bonds. The highest BCUT2D eigenvalue weighted by atomic mass is 16.5. The summed E-state index contributed by atoms with van der Waals surface area (Å²) in [6.45, 7) is 3.80.